The lowest BCUT2D eigenvalue weighted by Gasteiger charge is -2.12. The highest BCUT2D eigenvalue weighted by atomic mass is 16.5. The van der Waals surface area contributed by atoms with Gasteiger partial charge in [-0.15, -0.1) is 0 Å². The van der Waals surface area contributed by atoms with Crippen LogP contribution in [0.4, 0.5) is 0 Å². The maximum atomic E-state index is 12.0. The minimum absolute atomic E-state index is 0.0474. The zero-order valence-electron chi connectivity index (χ0n) is 15.3. The van der Waals surface area contributed by atoms with Crippen molar-refractivity contribution in [2.24, 2.45) is 0 Å². The van der Waals surface area contributed by atoms with Gasteiger partial charge in [0.1, 0.15) is 18.2 Å². The van der Waals surface area contributed by atoms with Crippen LogP contribution in [0.3, 0.4) is 0 Å². The lowest BCUT2D eigenvalue weighted by molar-refractivity contribution is -0.121. The van der Waals surface area contributed by atoms with E-state index >= 15 is 0 Å². The van der Waals surface area contributed by atoms with Crippen LogP contribution in [-0.4, -0.2) is 29.0 Å². The molecule has 0 fully saturated rings. The number of para-hydroxylation sites is 3. The zero-order valence-corrected chi connectivity index (χ0v) is 15.3. The number of hydrogen-bond acceptors (Lipinski definition) is 3. The lowest BCUT2D eigenvalue weighted by Crippen LogP contribution is -2.28. The van der Waals surface area contributed by atoms with Crippen molar-refractivity contribution in [3.05, 3.63) is 59.4 Å². The maximum Gasteiger partial charge on any atom is 0.220 e. The molecular weight excluding hydrogens is 326 g/mol. The first-order valence-electron chi connectivity index (χ1n) is 9.03. The molecule has 1 heterocycles. The molecule has 3 aromatic rings. The summed E-state index contributed by atoms with van der Waals surface area (Å²) in [6, 6.07) is 14.0. The summed E-state index contributed by atoms with van der Waals surface area (Å²) in [5, 5.41) is 2.91. The monoisotopic (exact) mass is 351 g/mol. The highest BCUT2D eigenvalue weighted by Crippen LogP contribution is 2.21. The normalized spacial score (nSPS) is 10.8. The molecule has 26 heavy (non-hydrogen) atoms. The molecule has 0 atom stereocenters. The second kappa shape index (κ2) is 8.52. The van der Waals surface area contributed by atoms with Crippen LogP contribution in [0.15, 0.2) is 42.5 Å². The summed E-state index contributed by atoms with van der Waals surface area (Å²) in [6.45, 7) is 5.04. The minimum atomic E-state index is 0.0474. The van der Waals surface area contributed by atoms with Crippen LogP contribution in [0.5, 0.6) is 5.75 Å². The van der Waals surface area contributed by atoms with E-state index in [0.29, 0.717) is 19.6 Å². The van der Waals surface area contributed by atoms with Crippen LogP contribution in [0.1, 0.15) is 29.8 Å². The third kappa shape index (κ3) is 4.63. The number of imidazole rings is 1. The molecule has 1 amide bonds. The van der Waals surface area contributed by atoms with Crippen molar-refractivity contribution in [2.45, 2.75) is 33.1 Å². The lowest BCUT2D eigenvalue weighted by atomic mass is 10.1. The van der Waals surface area contributed by atoms with Crippen LogP contribution in [0.2, 0.25) is 0 Å². The number of nitrogens with zero attached hydrogens (tertiary/aromatic N) is 1. The Balaban J connectivity index is 1.35. The van der Waals surface area contributed by atoms with Crippen molar-refractivity contribution in [2.75, 3.05) is 13.2 Å². The largest absolute Gasteiger partial charge is 0.491 e. The van der Waals surface area contributed by atoms with E-state index in [1.807, 2.05) is 56.3 Å². The maximum absolute atomic E-state index is 12.0. The Morgan fingerprint density at radius 3 is 2.65 bits per heavy atom. The zero-order chi connectivity index (χ0) is 18.4. The van der Waals surface area contributed by atoms with Crippen molar-refractivity contribution >= 4 is 16.9 Å². The quantitative estimate of drug-likeness (QED) is 0.608. The Morgan fingerprint density at radius 2 is 1.88 bits per heavy atom. The fourth-order valence-corrected chi connectivity index (χ4v) is 3.00. The van der Waals surface area contributed by atoms with Gasteiger partial charge in [0.15, 0.2) is 0 Å². The number of aryl methyl sites for hydroxylation is 3. The van der Waals surface area contributed by atoms with Gasteiger partial charge < -0.3 is 15.0 Å². The van der Waals surface area contributed by atoms with Gasteiger partial charge in [0, 0.05) is 12.8 Å². The number of aromatic amines is 1. The predicted molar refractivity (Wildman–Crippen MR) is 103 cm³/mol. The minimum Gasteiger partial charge on any atom is -0.491 e. The molecule has 5 nitrogen and oxygen atoms in total. The number of carbonyl (C=O) groups is 1. The summed E-state index contributed by atoms with van der Waals surface area (Å²) in [6.07, 6.45) is 2.02. The van der Waals surface area contributed by atoms with Crippen LogP contribution in [-0.2, 0) is 11.2 Å². The molecule has 0 radical (unpaired) electrons. The van der Waals surface area contributed by atoms with E-state index in [1.165, 1.54) is 0 Å². The number of fused-ring (bicyclic) bond motifs is 1. The van der Waals surface area contributed by atoms with E-state index in [2.05, 4.69) is 15.3 Å². The molecule has 0 aliphatic rings. The van der Waals surface area contributed by atoms with Gasteiger partial charge in [-0.2, -0.15) is 0 Å². The van der Waals surface area contributed by atoms with Crippen molar-refractivity contribution in [3.63, 3.8) is 0 Å². The van der Waals surface area contributed by atoms with Gasteiger partial charge >= 0.3 is 0 Å². The van der Waals surface area contributed by atoms with Gasteiger partial charge in [-0.3, -0.25) is 4.79 Å². The fraction of sp³-hybridized carbons (Fsp3) is 0.333. The molecule has 0 spiro atoms. The van der Waals surface area contributed by atoms with Gasteiger partial charge in [0.05, 0.1) is 17.6 Å². The van der Waals surface area contributed by atoms with Crippen LogP contribution in [0.25, 0.3) is 11.0 Å². The summed E-state index contributed by atoms with van der Waals surface area (Å²) in [4.78, 5) is 19.8. The first-order chi connectivity index (χ1) is 12.6. The molecule has 5 heteroatoms. The first kappa shape index (κ1) is 18.0. The van der Waals surface area contributed by atoms with Gasteiger partial charge in [-0.25, -0.2) is 4.98 Å². The van der Waals surface area contributed by atoms with E-state index in [4.69, 9.17) is 4.74 Å². The molecule has 2 N–H and O–H groups in total. The average molecular weight is 351 g/mol. The van der Waals surface area contributed by atoms with Crippen molar-refractivity contribution in [1.29, 1.82) is 0 Å². The van der Waals surface area contributed by atoms with E-state index in [-0.39, 0.29) is 5.91 Å². The second-order valence-electron chi connectivity index (χ2n) is 6.47. The van der Waals surface area contributed by atoms with Gasteiger partial charge in [-0.05, 0) is 43.5 Å². The fourth-order valence-electron chi connectivity index (χ4n) is 3.00. The summed E-state index contributed by atoms with van der Waals surface area (Å²) >= 11 is 0. The highest BCUT2D eigenvalue weighted by Gasteiger charge is 2.06. The SMILES string of the molecule is Cc1cccc(C)c1OCCNC(=O)CCCc1nc2ccccc2[nH]1. The number of aromatic nitrogens is 2. The Labute approximate surface area is 153 Å². The van der Waals surface area contributed by atoms with E-state index in [0.717, 1.165) is 46.6 Å². The van der Waals surface area contributed by atoms with Gasteiger partial charge in [-0.1, -0.05) is 30.3 Å². The number of benzene rings is 2. The van der Waals surface area contributed by atoms with Gasteiger partial charge in [0.25, 0.3) is 0 Å². The van der Waals surface area contributed by atoms with E-state index in [9.17, 15) is 4.79 Å². The van der Waals surface area contributed by atoms with Crippen LogP contribution < -0.4 is 10.1 Å². The van der Waals surface area contributed by atoms with Gasteiger partial charge in [0.2, 0.25) is 5.91 Å². The van der Waals surface area contributed by atoms with Crippen LogP contribution >= 0.6 is 0 Å². The van der Waals surface area contributed by atoms with Crippen molar-refractivity contribution < 1.29 is 9.53 Å². The Morgan fingerprint density at radius 1 is 1.12 bits per heavy atom. The number of nitrogens with one attached hydrogen (secondary N) is 2. The smallest absolute Gasteiger partial charge is 0.220 e. The molecular formula is C21H25N3O2. The predicted octanol–water partition coefficient (Wildman–Crippen LogP) is 3.70. The second-order valence-corrected chi connectivity index (χ2v) is 6.47. The summed E-state index contributed by atoms with van der Waals surface area (Å²) < 4.78 is 5.80. The average Bonchev–Trinajstić information content (AvgIpc) is 3.03. The van der Waals surface area contributed by atoms with Crippen LogP contribution in [0, 0.1) is 13.8 Å². The van der Waals surface area contributed by atoms with E-state index < -0.39 is 0 Å². The molecule has 2 aromatic carbocycles. The summed E-state index contributed by atoms with van der Waals surface area (Å²) in [5.41, 5.74) is 4.23. The standard InChI is InChI=1S/C21H25N3O2/c1-15-7-5-8-16(2)21(15)26-14-13-22-20(25)12-6-11-19-23-17-9-3-4-10-18(17)24-19/h3-5,7-10H,6,11-14H2,1-2H3,(H,22,25)(H,23,24). The third-order valence-electron chi connectivity index (χ3n) is 4.34. The molecule has 0 saturated carbocycles. The number of carbonyl (C=O) groups excluding carboxylic acids is 1. The molecule has 0 saturated heterocycles. The first-order valence-corrected chi connectivity index (χ1v) is 9.03. The van der Waals surface area contributed by atoms with Crippen molar-refractivity contribution in [3.8, 4) is 5.75 Å². The van der Waals surface area contributed by atoms with E-state index in [1.54, 1.807) is 0 Å². The molecule has 136 valence electrons. The molecule has 3 rings (SSSR count). The topological polar surface area (TPSA) is 67.0 Å². The Hall–Kier alpha value is -2.82. The number of ether oxygens (including phenoxy) is 1. The molecule has 1 aromatic heterocycles. The highest BCUT2D eigenvalue weighted by molar-refractivity contribution is 5.76. The number of H-pyrrole nitrogens is 1. The molecule has 0 aliphatic heterocycles. The Bertz CT molecular complexity index is 833. The number of hydrogen-bond donors (Lipinski definition) is 2. The summed E-state index contributed by atoms with van der Waals surface area (Å²) in [7, 11) is 0. The number of rotatable bonds is 8. The number of amides is 1. The Kier molecular flexibility index (Phi) is 5.89. The third-order valence-corrected chi connectivity index (χ3v) is 4.34. The van der Waals surface area contributed by atoms with Crippen molar-refractivity contribution in [1.82, 2.24) is 15.3 Å². The summed E-state index contributed by atoms with van der Waals surface area (Å²) in [5.74, 6) is 1.88. The molecule has 0 bridgehead atoms. The molecule has 0 aliphatic carbocycles. The molecule has 0 unspecified atom stereocenters.